The minimum atomic E-state index is -0.0670. The molecule has 0 aliphatic carbocycles. The smallest absolute Gasteiger partial charge is 0.306 e. The summed E-state index contributed by atoms with van der Waals surface area (Å²) < 4.78 is 5.42. The van der Waals surface area contributed by atoms with Crippen LogP contribution in [-0.2, 0) is 9.53 Å². The van der Waals surface area contributed by atoms with E-state index < -0.39 is 0 Å². The van der Waals surface area contributed by atoms with Crippen molar-refractivity contribution in [3.05, 3.63) is 12.7 Å². The molecular weight excluding hydrogens is 224 g/mol. The highest BCUT2D eigenvalue weighted by Gasteiger charge is 2.10. The molecule has 1 saturated heterocycles. The Kier molecular flexibility index (Phi) is 8.62. The summed E-state index contributed by atoms with van der Waals surface area (Å²) in [6.45, 7) is 3.76. The van der Waals surface area contributed by atoms with Crippen LogP contribution in [0.5, 0.6) is 0 Å². The Labute approximate surface area is 112 Å². The van der Waals surface area contributed by atoms with E-state index >= 15 is 0 Å². The zero-order chi connectivity index (χ0) is 13.1. The fourth-order valence-corrected chi connectivity index (χ4v) is 2.48. The molecule has 0 saturated carbocycles. The summed E-state index contributed by atoms with van der Waals surface area (Å²) in [7, 11) is 0. The maximum atomic E-state index is 11.6. The van der Waals surface area contributed by atoms with E-state index in [1.807, 2.05) is 0 Å². The van der Waals surface area contributed by atoms with E-state index in [-0.39, 0.29) is 12.1 Å². The lowest BCUT2D eigenvalue weighted by Crippen LogP contribution is -2.15. The monoisotopic (exact) mass is 252 g/mol. The number of esters is 1. The third-order valence-corrected chi connectivity index (χ3v) is 3.67. The highest BCUT2D eigenvalue weighted by molar-refractivity contribution is 5.69. The molecule has 0 aromatic heterocycles. The third kappa shape index (κ3) is 7.52. The van der Waals surface area contributed by atoms with Crippen LogP contribution in [0.3, 0.4) is 0 Å². The number of carbonyl (C=O) groups is 1. The maximum Gasteiger partial charge on any atom is 0.306 e. The SMILES string of the molecule is C=C[C@H]1CCCCCCCCCCCCC(=O)O1. The molecule has 1 fully saturated rings. The highest BCUT2D eigenvalue weighted by Crippen LogP contribution is 2.15. The number of rotatable bonds is 1. The zero-order valence-electron chi connectivity index (χ0n) is 11.7. The normalized spacial score (nSPS) is 25.6. The molecule has 1 atom stereocenters. The number of ether oxygens (including phenoxy) is 1. The van der Waals surface area contributed by atoms with Gasteiger partial charge in [-0.1, -0.05) is 64.0 Å². The van der Waals surface area contributed by atoms with Gasteiger partial charge in [-0.2, -0.15) is 0 Å². The highest BCUT2D eigenvalue weighted by atomic mass is 16.5. The van der Waals surface area contributed by atoms with Gasteiger partial charge < -0.3 is 4.74 Å². The van der Waals surface area contributed by atoms with Crippen molar-refractivity contribution in [2.75, 3.05) is 0 Å². The van der Waals surface area contributed by atoms with E-state index in [0.717, 1.165) is 25.7 Å². The minimum Gasteiger partial charge on any atom is -0.458 e. The van der Waals surface area contributed by atoms with Crippen molar-refractivity contribution in [2.24, 2.45) is 0 Å². The molecule has 2 nitrogen and oxygen atoms in total. The van der Waals surface area contributed by atoms with Gasteiger partial charge in [0.2, 0.25) is 0 Å². The number of carbonyl (C=O) groups excluding carboxylic acids is 1. The van der Waals surface area contributed by atoms with Crippen LogP contribution in [0, 0.1) is 0 Å². The molecule has 0 aromatic rings. The second-order valence-corrected chi connectivity index (χ2v) is 5.34. The van der Waals surface area contributed by atoms with Crippen molar-refractivity contribution < 1.29 is 9.53 Å². The first-order chi connectivity index (χ1) is 8.83. The van der Waals surface area contributed by atoms with Crippen molar-refractivity contribution in [2.45, 2.75) is 83.2 Å². The van der Waals surface area contributed by atoms with Crippen molar-refractivity contribution in [1.29, 1.82) is 0 Å². The summed E-state index contributed by atoms with van der Waals surface area (Å²) in [6.07, 6.45) is 15.7. The van der Waals surface area contributed by atoms with Crippen LogP contribution in [0.25, 0.3) is 0 Å². The van der Waals surface area contributed by atoms with Crippen molar-refractivity contribution in [3.8, 4) is 0 Å². The molecule has 1 aliphatic heterocycles. The lowest BCUT2D eigenvalue weighted by molar-refractivity contribution is -0.147. The quantitative estimate of drug-likeness (QED) is 0.496. The summed E-state index contributed by atoms with van der Waals surface area (Å²) in [5.74, 6) is -0.0465. The Morgan fingerprint density at radius 2 is 1.39 bits per heavy atom. The molecule has 1 heterocycles. The molecule has 18 heavy (non-hydrogen) atoms. The molecule has 0 spiro atoms. The molecule has 0 bridgehead atoms. The Bertz CT molecular complexity index is 235. The van der Waals surface area contributed by atoms with E-state index in [9.17, 15) is 4.79 Å². The molecule has 104 valence electrons. The third-order valence-electron chi connectivity index (χ3n) is 3.67. The largest absolute Gasteiger partial charge is 0.458 e. The summed E-state index contributed by atoms with van der Waals surface area (Å²) in [4.78, 5) is 11.6. The average molecular weight is 252 g/mol. The van der Waals surface area contributed by atoms with Gasteiger partial charge in [0, 0.05) is 6.42 Å². The second-order valence-electron chi connectivity index (χ2n) is 5.34. The molecular formula is C16H28O2. The Morgan fingerprint density at radius 3 is 1.94 bits per heavy atom. The first-order valence-corrected chi connectivity index (χ1v) is 7.65. The minimum absolute atomic E-state index is 0.0465. The first-order valence-electron chi connectivity index (χ1n) is 7.65. The van der Waals surface area contributed by atoms with E-state index in [1.165, 1.54) is 44.9 Å². The molecule has 0 amide bonds. The number of hydrogen-bond acceptors (Lipinski definition) is 2. The Balaban J connectivity index is 2.32. The summed E-state index contributed by atoms with van der Waals surface area (Å²) in [6, 6.07) is 0. The Morgan fingerprint density at radius 1 is 0.889 bits per heavy atom. The van der Waals surface area contributed by atoms with Gasteiger partial charge in [0.1, 0.15) is 6.10 Å². The molecule has 1 rings (SSSR count). The van der Waals surface area contributed by atoms with Gasteiger partial charge in [-0.05, 0) is 19.3 Å². The summed E-state index contributed by atoms with van der Waals surface area (Å²) in [5.41, 5.74) is 0. The van der Waals surface area contributed by atoms with Crippen LogP contribution in [0.4, 0.5) is 0 Å². The lowest BCUT2D eigenvalue weighted by atomic mass is 10.0. The fraction of sp³-hybridized carbons (Fsp3) is 0.812. The predicted octanol–water partition coefficient (Wildman–Crippen LogP) is 4.78. The van der Waals surface area contributed by atoms with E-state index in [0.29, 0.717) is 6.42 Å². The van der Waals surface area contributed by atoms with E-state index in [2.05, 4.69) is 6.58 Å². The van der Waals surface area contributed by atoms with E-state index in [4.69, 9.17) is 4.74 Å². The van der Waals surface area contributed by atoms with Crippen molar-refractivity contribution in [3.63, 3.8) is 0 Å². The van der Waals surface area contributed by atoms with Crippen LogP contribution in [0.15, 0.2) is 12.7 Å². The van der Waals surface area contributed by atoms with Gasteiger partial charge in [-0.3, -0.25) is 4.79 Å². The number of cyclic esters (lactones) is 1. The molecule has 1 aliphatic rings. The van der Waals surface area contributed by atoms with Crippen molar-refractivity contribution in [1.82, 2.24) is 0 Å². The van der Waals surface area contributed by atoms with Crippen LogP contribution in [-0.4, -0.2) is 12.1 Å². The Hall–Kier alpha value is -0.790. The molecule has 0 N–H and O–H groups in total. The van der Waals surface area contributed by atoms with Crippen molar-refractivity contribution >= 4 is 5.97 Å². The van der Waals surface area contributed by atoms with Gasteiger partial charge in [-0.15, -0.1) is 0 Å². The second kappa shape index (κ2) is 10.2. The van der Waals surface area contributed by atoms with Gasteiger partial charge in [-0.25, -0.2) is 0 Å². The van der Waals surface area contributed by atoms with Gasteiger partial charge in [0.25, 0.3) is 0 Å². The number of hydrogen-bond donors (Lipinski definition) is 0. The topological polar surface area (TPSA) is 26.3 Å². The van der Waals surface area contributed by atoms with E-state index in [1.54, 1.807) is 6.08 Å². The van der Waals surface area contributed by atoms with Crippen LogP contribution in [0.2, 0.25) is 0 Å². The molecule has 0 aromatic carbocycles. The first kappa shape index (κ1) is 15.3. The van der Waals surface area contributed by atoms with Gasteiger partial charge >= 0.3 is 5.97 Å². The molecule has 0 unspecified atom stereocenters. The molecule has 2 heteroatoms. The average Bonchev–Trinajstić information content (AvgIpc) is 2.38. The summed E-state index contributed by atoms with van der Waals surface area (Å²) in [5, 5.41) is 0. The predicted molar refractivity (Wildman–Crippen MR) is 75.5 cm³/mol. The maximum absolute atomic E-state index is 11.6. The molecule has 0 radical (unpaired) electrons. The van der Waals surface area contributed by atoms with Crippen LogP contribution < -0.4 is 0 Å². The fourth-order valence-electron chi connectivity index (χ4n) is 2.48. The summed E-state index contributed by atoms with van der Waals surface area (Å²) >= 11 is 0. The standard InChI is InChI=1S/C16H28O2/c1-2-15-13-11-9-7-5-3-4-6-8-10-12-14-16(17)18-15/h2,15H,1,3-14H2/t15-/m0/s1. The van der Waals surface area contributed by atoms with Gasteiger partial charge in [0.15, 0.2) is 0 Å². The van der Waals surface area contributed by atoms with Crippen LogP contribution in [0.1, 0.15) is 77.0 Å². The zero-order valence-corrected chi connectivity index (χ0v) is 11.7. The van der Waals surface area contributed by atoms with Crippen LogP contribution >= 0.6 is 0 Å². The lowest BCUT2D eigenvalue weighted by Gasteiger charge is -2.13. The van der Waals surface area contributed by atoms with Gasteiger partial charge in [0.05, 0.1) is 0 Å².